The van der Waals surface area contributed by atoms with E-state index in [1.807, 2.05) is 5.32 Å². The van der Waals surface area contributed by atoms with E-state index in [0.29, 0.717) is 6.07 Å². The second-order valence-electron chi connectivity index (χ2n) is 5.39. The van der Waals surface area contributed by atoms with Gasteiger partial charge >= 0.3 is 5.97 Å². The summed E-state index contributed by atoms with van der Waals surface area (Å²) >= 11 is 0. The first-order chi connectivity index (χ1) is 12.8. The minimum absolute atomic E-state index is 0.0383. The number of hydrogen-bond acceptors (Lipinski definition) is 4. The molecule has 0 aliphatic heterocycles. The largest absolute Gasteiger partial charge is 0.449 e. The highest BCUT2D eigenvalue weighted by Gasteiger charge is 2.24. The van der Waals surface area contributed by atoms with Gasteiger partial charge in [0.05, 0.1) is 26.9 Å². The van der Waals surface area contributed by atoms with Gasteiger partial charge in [0.2, 0.25) is 0 Å². The standard InChI is InChI=1S/C18H16F3NO4S/c1-3-27(25)14-7-5-4-6-11(14)18(24)26-10(2)17(23)22-13-9-8-12(19)15(20)16(13)21/h4-10H,3H2,1-2H3,(H,22,23)/t10-,27-/m0/s1. The maximum absolute atomic E-state index is 13.6. The van der Waals surface area contributed by atoms with Gasteiger partial charge in [-0.25, -0.2) is 18.0 Å². The summed E-state index contributed by atoms with van der Waals surface area (Å²) in [6.07, 6.45) is -1.37. The van der Waals surface area contributed by atoms with Crippen LogP contribution < -0.4 is 5.32 Å². The Bertz CT molecular complexity index is 904. The number of carbonyl (C=O) groups is 2. The van der Waals surface area contributed by atoms with Crippen molar-refractivity contribution in [3.05, 3.63) is 59.4 Å². The SMILES string of the molecule is CC[S@](=O)c1ccccc1C(=O)O[C@@H](C)C(=O)Nc1ccc(F)c(F)c1F. The third kappa shape index (κ3) is 4.73. The Morgan fingerprint density at radius 3 is 2.44 bits per heavy atom. The quantitative estimate of drug-likeness (QED) is 0.597. The van der Waals surface area contributed by atoms with Gasteiger partial charge in [-0.1, -0.05) is 19.1 Å². The van der Waals surface area contributed by atoms with Gasteiger partial charge in [0.15, 0.2) is 23.6 Å². The van der Waals surface area contributed by atoms with Crippen LogP contribution in [0, 0.1) is 17.5 Å². The van der Waals surface area contributed by atoms with Crippen molar-refractivity contribution in [2.75, 3.05) is 11.1 Å². The van der Waals surface area contributed by atoms with Gasteiger partial charge in [-0.2, -0.15) is 0 Å². The van der Waals surface area contributed by atoms with Gasteiger partial charge in [-0.05, 0) is 31.2 Å². The molecule has 0 unspecified atom stereocenters. The van der Waals surface area contributed by atoms with E-state index in [1.54, 1.807) is 19.1 Å². The molecular formula is C18H16F3NO4S. The Labute approximate surface area is 156 Å². The van der Waals surface area contributed by atoms with Crippen molar-refractivity contribution in [2.24, 2.45) is 0 Å². The zero-order valence-corrected chi connectivity index (χ0v) is 15.2. The van der Waals surface area contributed by atoms with Crippen LogP contribution in [-0.4, -0.2) is 27.9 Å². The van der Waals surface area contributed by atoms with Crippen LogP contribution in [0.5, 0.6) is 0 Å². The number of anilines is 1. The predicted octanol–water partition coefficient (Wildman–Crippen LogP) is 3.42. The van der Waals surface area contributed by atoms with Crippen LogP contribution in [0.25, 0.3) is 0 Å². The highest BCUT2D eigenvalue weighted by molar-refractivity contribution is 7.85. The lowest BCUT2D eigenvalue weighted by Gasteiger charge is -2.15. The van der Waals surface area contributed by atoms with Crippen LogP contribution in [0.2, 0.25) is 0 Å². The molecule has 0 aliphatic carbocycles. The molecule has 9 heteroatoms. The van der Waals surface area contributed by atoms with E-state index in [-0.39, 0.29) is 16.2 Å². The van der Waals surface area contributed by atoms with Gasteiger partial charge in [0, 0.05) is 5.75 Å². The van der Waals surface area contributed by atoms with E-state index >= 15 is 0 Å². The first kappa shape index (κ1) is 20.6. The molecule has 2 aromatic carbocycles. The highest BCUT2D eigenvalue weighted by Crippen LogP contribution is 2.20. The zero-order chi connectivity index (χ0) is 20.1. The molecule has 0 saturated carbocycles. The van der Waals surface area contributed by atoms with Crippen molar-refractivity contribution < 1.29 is 31.7 Å². The summed E-state index contributed by atoms with van der Waals surface area (Å²) in [5, 5.41) is 2.03. The molecule has 144 valence electrons. The van der Waals surface area contributed by atoms with E-state index in [0.717, 1.165) is 6.07 Å². The smallest absolute Gasteiger partial charge is 0.340 e. The molecule has 0 aliphatic rings. The van der Waals surface area contributed by atoms with E-state index in [9.17, 15) is 27.0 Å². The second-order valence-corrected chi connectivity index (χ2v) is 7.10. The summed E-state index contributed by atoms with van der Waals surface area (Å²) in [6, 6.07) is 7.58. The van der Waals surface area contributed by atoms with Crippen LogP contribution in [0.15, 0.2) is 41.3 Å². The van der Waals surface area contributed by atoms with Crippen LogP contribution in [-0.2, 0) is 20.3 Å². The monoisotopic (exact) mass is 399 g/mol. The number of hydrogen-bond donors (Lipinski definition) is 1. The lowest BCUT2D eigenvalue weighted by Crippen LogP contribution is -2.30. The zero-order valence-electron chi connectivity index (χ0n) is 14.4. The maximum Gasteiger partial charge on any atom is 0.340 e. The molecule has 1 N–H and O–H groups in total. The third-order valence-corrected chi connectivity index (χ3v) is 4.93. The fourth-order valence-electron chi connectivity index (χ4n) is 2.12. The van der Waals surface area contributed by atoms with Crippen molar-refractivity contribution in [1.82, 2.24) is 0 Å². The van der Waals surface area contributed by atoms with E-state index < -0.39 is 51.9 Å². The van der Waals surface area contributed by atoms with Crippen LogP contribution in [0.4, 0.5) is 18.9 Å². The Morgan fingerprint density at radius 1 is 1.11 bits per heavy atom. The highest BCUT2D eigenvalue weighted by atomic mass is 32.2. The average Bonchev–Trinajstić information content (AvgIpc) is 2.67. The number of amides is 1. The number of carbonyl (C=O) groups excluding carboxylic acids is 2. The van der Waals surface area contributed by atoms with Crippen LogP contribution in [0.3, 0.4) is 0 Å². The number of rotatable bonds is 6. The van der Waals surface area contributed by atoms with Crippen molar-refractivity contribution >= 4 is 28.4 Å². The summed E-state index contributed by atoms with van der Waals surface area (Å²) in [5.74, 6) is -6.23. The van der Waals surface area contributed by atoms with E-state index in [4.69, 9.17) is 4.74 Å². The topological polar surface area (TPSA) is 72.5 Å². The Morgan fingerprint density at radius 2 is 1.78 bits per heavy atom. The van der Waals surface area contributed by atoms with E-state index in [1.165, 1.54) is 19.1 Å². The average molecular weight is 399 g/mol. The molecular weight excluding hydrogens is 383 g/mol. The Hall–Kier alpha value is -2.68. The molecule has 0 heterocycles. The maximum atomic E-state index is 13.6. The van der Waals surface area contributed by atoms with Crippen molar-refractivity contribution in [3.63, 3.8) is 0 Å². The van der Waals surface area contributed by atoms with Crippen LogP contribution >= 0.6 is 0 Å². The first-order valence-corrected chi connectivity index (χ1v) is 9.20. The lowest BCUT2D eigenvalue weighted by atomic mass is 10.2. The number of esters is 1. The molecule has 0 radical (unpaired) electrons. The molecule has 1 amide bonds. The summed E-state index contributed by atoms with van der Waals surface area (Å²) in [7, 11) is -1.42. The second kappa shape index (κ2) is 8.81. The minimum atomic E-state index is -1.73. The lowest BCUT2D eigenvalue weighted by molar-refractivity contribution is -0.123. The van der Waals surface area contributed by atoms with Gasteiger partial charge in [-0.15, -0.1) is 0 Å². The predicted molar refractivity (Wildman–Crippen MR) is 93.2 cm³/mol. The molecule has 5 nitrogen and oxygen atoms in total. The summed E-state index contributed by atoms with van der Waals surface area (Å²) < 4.78 is 56.8. The normalized spacial score (nSPS) is 12.9. The molecule has 27 heavy (non-hydrogen) atoms. The van der Waals surface area contributed by atoms with Gasteiger partial charge in [-0.3, -0.25) is 9.00 Å². The number of nitrogens with one attached hydrogen (secondary N) is 1. The van der Waals surface area contributed by atoms with E-state index in [2.05, 4.69) is 0 Å². The summed E-state index contributed by atoms with van der Waals surface area (Å²) in [6.45, 7) is 2.91. The third-order valence-electron chi connectivity index (χ3n) is 3.56. The van der Waals surface area contributed by atoms with Crippen molar-refractivity contribution in [2.45, 2.75) is 24.8 Å². The molecule has 0 aromatic heterocycles. The van der Waals surface area contributed by atoms with Crippen molar-refractivity contribution in [3.8, 4) is 0 Å². The van der Waals surface area contributed by atoms with Crippen LogP contribution in [0.1, 0.15) is 24.2 Å². The van der Waals surface area contributed by atoms with Gasteiger partial charge < -0.3 is 10.1 Å². The Kier molecular flexibility index (Phi) is 6.73. The number of benzene rings is 2. The molecule has 0 saturated heterocycles. The minimum Gasteiger partial charge on any atom is -0.449 e. The fourth-order valence-corrected chi connectivity index (χ4v) is 3.06. The molecule has 0 spiro atoms. The Balaban J connectivity index is 2.12. The summed E-state index contributed by atoms with van der Waals surface area (Å²) in [4.78, 5) is 24.6. The van der Waals surface area contributed by atoms with Gasteiger partial charge in [0.25, 0.3) is 5.91 Å². The first-order valence-electron chi connectivity index (χ1n) is 7.89. The molecule has 2 aromatic rings. The van der Waals surface area contributed by atoms with Gasteiger partial charge in [0.1, 0.15) is 0 Å². The number of ether oxygens (including phenoxy) is 1. The summed E-state index contributed by atoms with van der Waals surface area (Å²) in [5.41, 5.74) is -0.550. The molecule has 2 atom stereocenters. The molecule has 0 fully saturated rings. The fraction of sp³-hybridized carbons (Fsp3) is 0.222. The molecule has 2 rings (SSSR count). The van der Waals surface area contributed by atoms with Crippen molar-refractivity contribution in [1.29, 1.82) is 0 Å². The number of halogens is 3. The molecule has 0 bridgehead atoms.